The van der Waals surface area contributed by atoms with Gasteiger partial charge in [0.2, 0.25) is 6.79 Å². The van der Waals surface area contributed by atoms with Gasteiger partial charge in [0, 0.05) is 23.3 Å². The number of hydrogen-bond donors (Lipinski definition) is 1. The molecule has 0 bridgehead atoms. The second-order valence-corrected chi connectivity index (χ2v) is 7.14. The van der Waals surface area contributed by atoms with Gasteiger partial charge in [0.05, 0.1) is 22.7 Å². The quantitative estimate of drug-likeness (QED) is 0.627. The third kappa shape index (κ3) is 3.40. The van der Waals surface area contributed by atoms with E-state index in [1.807, 2.05) is 19.1 Å². The molecular weight excluding hydrogens is 376 g/mol. The molecule has 2 aromatic carbocycles. The third-order valence-electron chi connectivity index (χ3n) is 4.96. The summed E-state index contributed by atoms with van der Waals surface area (Å²) in [5.41, 5.74) is 8.70. The fourth-order valence-corrected chi connectivity index (χ4v) is 3.47. The average molecular weight is 396 g/mol. The lowest BCUT2D eigenvalue weighted by Gasteiger charge is -2.24. The summed E-state index contributed by atoms with van der Waals surface area (Å²) in [5, 5.41) is 17.0. The van der Waals surface area contributed by atoms with Gasteiger partial charge < -0.3 is 15.2 Å². The normalized spacial score (nSPS) is 18.5. The van der Waals surface area contributed by atoms with Crippen molar-refractivity contribution in [2.45, 2.75) is 32.4 Å². The number of rotatable bonds is 3. The predicted octanol–water partition coefficient (Wildman–Crippen LogP) is 2.20. The van der Waals surface area contributed by atoms with Crippen LogP contribution >= 0.6 is 0 Å². The zero-order valence-corrected chi connectivity index (χ0v) is 16.0. The molecule has 0 radical (unpaired) electrons. The maximum atomic E-state index is 12.7. The Labute approximate surface area is 166 Å². The first-order chi connectivity index (χ1) is 13.8. The largest absolute Gasteiger partial charge is 0.454 e. The number of fused-ring (bicyclic) bond motifs is 2. The Balaban J connectivity index is 1.88. The smallest absolute Gasteiger partial charge is 0.269 e. The van der Waals surface area contributed by atoms with Crippen molar-refractivity contribution in [1.82, 2.24) is 5.01 Å². The Morgan fingerprint density at radius 1 is 1.28 bits per heavy atom. The van der Waals surface area contributed by atoms with Crippen LogP contribution in [-0.4, -0.2) is 40.4 Å². The van der Waals surface area contributed by atoms with Crippen LogP contribution in [0.15, 0.2) is 41.5 Å². The van der Waals surface area contributed by atoms with Gasteiger partial charge in [0.1, 0.15) is 0 Å². The first-order valence-corrected chi connectivity index (χ1v) is 9.20. The Morgan fingerprint density at radius 2 is 1.93 bits per heavy atom. The van der Waals surface area contributed by atoms with Crippen LogP contribution in [0.3, 0.4) is 0 Å². The minimum Gasteiger partial charge on any atom is -0.454 e. The van der Waals surface area contributed by atoms with Gasteiger partial charge in [-0.1, -0.05) is 0 Å². The van der Waals surface area contributed by atoms with Crippen molar-refractivity contribution in [3.8, 4) is 11.5 Å². The molecule has 4 rings (SSSR count). The van der Waals surface area contributed by atoms with E-state index in [0.29, 0.717) is 29.2 Å². The molecule has 0 spiro atoms. The summed E-state index contributed by atoms with van der Waals surface area (Å²) >= 11 is 0. The van der Waals surface area contributed by atoms with E-state index >= 15 is 0 Å². The molecule has 2 aromatic rings. The molecule has 2 N–H and O–H groups in total. The number of benzene rings is 2. The van der Waals surface area contributed by atoms with Crippen molar-refractivity contribution in [2.24, 2.45) is 10.8 Å². The lowest BCUT2D eigenvalue weighted by atomic mass is 9.94. The summed E-state index contributed by atoms with van der Waals surface area (Å²) in [6, 6.07) is 8.86. The van der Waals surface area contributed by atoms with E-state index in [0.717, 1.165) is 11.1 Å². The fraction of sp³-hybridized carbons (Fsp3) is 0.300. The first kappa shape index (κ1) is 18.9. The highest BCUT2D eigenvalue weighted by molar-refractivity contribution is 6.14. The highest BCUT2D eigenvalue weighted by atomic mass is 16.7. The van der Waals surface area contributed by atoms with Crippen molar-refractivity contribution in [1.29, 1.82) is 0 Å². The molecule has 150 valence electrons. The van der Waals surface area contributed by atoms with Gasteiger partial charge in [-0.15, -0.1) is 0 Å². The minimum atomic E-state index is -0.711. The SMILES string of the molecule is CC(N)C(=O)N1N=C(c2ccc([N+](=O)[O-])cc2)c2cc3c(cc2CC1C)OCO3. The van der Waals surface area contributed by atoms with Crippen molar-refractivity contribution in [3.63, 3.8) is 0 Å². The molecular formula is C20H20N4O5. The number of amides is 1. The van der Waals surface area contributed by atoms with Gasteiger partial charge in [-0.25, -0.2) is 5.01 Å². The molecule has 9 heteroatoms. The summed E-state index contributed by atoms with van der Waals surface area (Å²) in [4.78, 5) is 23.2. The molecule has 2 atom stereocenters. The molecule has 0 aliphatic carbocycles. The van der Waals surface area contributed by atoms with Crippen LogP contribution < -0.4 is 15.2 Å². The highest BCUT2D eigenvalue weighted by Crippen LogP contribution is 2.37. The monoisotopic (exact) mass is 396 g/mol. The number of carbonyl (C=O) groups is 1. The second-order valence-electron chi connectivity index (χ2n) is 7.14. The van der Waals surface area contributed by atoms with Crippen LogP contribution in [0.25, 0.3) is 0 Å². The lowest BCUT2D eigenvalue weighted by molar-refractivity contribution is -0.384. The molecule has 0 saturated carbocycles. The van der Waals surface area contributed by atoms with E-state index < -0.39 is 11.0 Å². The van der Waals surface area contributed by atoms with Crippen LogP contribution in [-0.2, 0) is 11.2 Å². The molecule has 0 aromatic heterocycles. The summed E-state index contributed by atoms with van der Waals surface area (Å²) in [7, 11) is 0. The van der Waals surface area contributed by atoms with E-state index in [1.165, 1.54) is 17.1 Å². The van der Waals surface area contributed by atoms with E-state index in [1.54, 1.807) is 19.1 Å². The number of hydrogen-bond acceptors (Lipinski definition) is 7. The van der Waals surface area contributed by atoms with Gasteiger partial charge in [-0.2, -0.15) is 5.10 Å². The molecule has 0 fully saturated rings. The van der Waals surface area contributed by atoms with E-state index in [9.17, 15) is 14.9 Å². The number of nitrogens with two attached hydrogens (primary N) is 1. The van der Waals surface area contributed by atoms with E-state index in [-0.39, 0.29) is 24.4 Å². The molecule has 2 unspecified atom stereocenters. The molecule has 0 saturated heterocycles. The minimum absolute atomic E-state index is 0.0224. The van der Waals surface area contributed by atoms with Crippen LogP contribution in [0, 0.1) is 10.1 Å². The number of ether oxygens (including phenoxy) is 2. The first-order valence-electron chi connectivity index (χ1n) is 9.20. The molecule has 2 heterocycles. The topological polar surface area (TPSA) is 120 Å². The molecule has 2 aliphatic rings. The number of nitro benzene ring substituents is 1. The number of non-ortho nitro benzene ring substituents is 1. The summed E-state index contributed by atoms with van der Waals surface area (Å²) in [6.07, 6.45) is 0.546. The van der Waals surface area contributed by atoms with Gasteiger partial charge in [-0.3, -0.25) is 14.9 Å². The summed E-state index contributed by atoms with van der Waals surface area (Å²) in [5.74, 6) is 0.939. The zero-order chi connectivity index (χ0) is 20.7. The number of carbonyl (C=O) groups excluding carboxylic acids is 1. The van der Waals surface area contributed by atoms with E-state index in [4.69, 9.17) is 15.2 Å². The van der Waals surface area contributed by atoms with Crippen LogP contribution in [0.5, 0.6) is 11.5 Å². The highest BCUT2D eigenvalue weighted by Gasteiger charge is 2.30. The average Bonchev–Trinajstić information content (AvgIpc) is 3.09. The number of hydrazone groups is 1. The second kappa shape index (κ2) is 7.17. The summed E-state index contributed by atoms with van der Waals surface area (Å²) < 4.78 is 11.0. The Kier molecular flexibility index (Phi) is 4.67. The molecule has 9 nitrogen and oxygen atoms in total. The molecule has 1 amide bonds. The third-order valence-corrected chi connectivity index (χ3v) is 4.96. The predicted molar refractivity (Wildman–Crippen MR) is 105 cm³/mol. The van der Waals surface area contributed by atoms with Crippen LogP contribution in [0.4, 0.5) is 5.69 Å². The standard InChI is InChI=1S/C20H20N4O5/c1-11-7-14-8-17-18(29-10-28-17)9-16(14)19(22-23(11)20(25)12(2)21)13-3-5-15(6-4-13)24(26)27/h3-6,8-9,11-12H,7,10,21H2,1-2H3. The molecule has 29 heavy (non-hydrogen) atoms. The maximum Gasteiger partial charge on any atom is 0.269 e. The van der Waals surface area contributed by atoms with Crippen molar-refractivity contribution in [3.05, 3.63) is 63.2 Å². The Bertz CT molecular complexity index is 1020. The zero-order valence-electron chi connectivity index (χ0n) is 16.0. The van der Waals surface area contributed by atoms with Crippen molar-refractivity contribution < 1.29 is 19.2 Å². The Hall–Kier alpha value is -3.46. The van der Waals surface area contributed by atoms with Crippen molar-refractivity contribution in [2.75, 3.05) is 6.79 Å². The number of nitrogens with zero attached hydrogens (tertiary/aromatic N) is 3. The van der Waals surface area contributed by atoms with Crippen molar-refractivity contribution >= 4 is 17.3 Å². The van der Waals surface area contributed by atoms with Crippen LogP contribution in [0.2, 0.25) is 0 Å². The van der Waals surface area contributed by atoms with Gasteiger partial charge in [0.25, 0.3) is 11.6 Å². The van der Waals surface area contributed by atoms with Crippen LogP contribution in [0.1, 0.15) is 30.5 Å². The Morgan fingerprint density at radius 3 is 2.55 bits per heavy atom. The van der Waals surface area contributed by atoms with Gasteiger partial charge in [0.15, 0.2) is 11.5 Å². The van der Waals surface area contributed by atoms with Gasteiger partial charge >= 0.3 is 0 Å². The fourth-order valence-electron chi connectivity index (χ4n) is 3.47. The lowest BCUT2D eigenvalue weighted by Crippen LogP contribution is -2.44. The maximum absolute atomic E-state index is 12.7. The molecule has 2 aliphatic heterocycles. The summed E-state index contributed by atoms with van der Waals surface area (Å²) in [6.45, 7) is 3.66. The van der Waals surface area contributed by atoms with E-state index in [2.05, 4.69) is 5.10 Å². The number of nitro groups is 1. The van der Waals surface area contributed by atoms with Gasteiger partial charge in [-0.05, 0) is 50.1 Å².